The number of hydrogen-bond acceptors (Lipinski definition) is 6. The molecule has 1 atom stereocenters. The van der Waals surface area contributed by atoms with E-state index in [9.17, 15) is 14.1 Å². The average Bonchev–Trinajstić information content (AvgIpc) is 3.11. The summed E-state index contributed by atoms with van der Waals surface area (Å²) in [4.78, 5) is 30.3. The topological polar surface area (TPSA) is 71.9 Å². The molecule has 0 fully saturated rings. The molecule has 0 saturated heterocycles. The van der Waals surface area contributed by atoms with E-state index in [0.717, 1.165) is 52.7 Å². The Morgan fingerprint density at radius 3 is 2.90 bits per heavy atom. The first-order valence-electron chi connectivity index (χ1n) is 10.0. The molecule has 3 aliphatic heterocycles. The van der Waals surface area contributed by atoms with Crippen LogP contribution >= 0.6 is 0 Å². The van der Waals surface area contributed by atoms with Crippen molar-refractivity contribution in [2.24, 2.45) is 5.18 Å². The molecule has 0 amide bonds. The van der Waals surface area contributed by atoms with Gasteiger partial charge < -0.3 is 9.64 Å². The van der Waals surface area contributed by atoms with Gasteiger partial charge in [0, 0.05) is 33.9 Å². The number of cyclic esters (lactones) is 1. The molecule has 6 nitrogen and oxygen atoms in total. The van der Waals surface area contributed by atoms with Gasteiger partial charge in [-0.1, -0.05) is 6.58 Å². The van der Waals surface area contributed by atoms with Crippen LogP contribution in [-0.4, -0.2) is 28.5 Å². The molecule has 0 spiro atoms. The number of carbonyl (C=O) groups is 1. The van der Waals surface area contributed by atoms with Crippen LogP contribution in [0, 0.1) is 17.6 Å². The minimum Gasteiger partial charge on any atom is -0.459 e. The smallest absolute Gasteiger partial charge is 0.339 e. The molecule has 150 valence electrons. The summed E-state index contributed by atoms with van der Waals surface area (Å²) in [6, 6.07) is 0.317. The molecule has 0 N–H and O–H groups in total. The van der Waals surface area contributed by atoms with Crippen LogP contribution in [0.5, 0.6) is 0 Å². The van der Waals surface area contributed by atoms with E-state index in [2.05, 4.69) is 11.8 Å². The zero-order valence-electron chi connectivity index (χ0n) is 16.4. The van der Waals surface area contributed by atoms with Crippen LogP contribution in [0.2, 0.25) is 0 Å². The van der Waals surface area contributed by atoms with Gasteiger partial charge in [0.1, 0.15) is 12.4 Å². The van der Waals surface area contributed by atoms with Crippen molar-refractivity contribution in [2.75, 3.05) is 6.61 Å². The first-order chi connectivity index (χ1) is 14.5. The number of pyridine rings is 1. The second-order valence-corrected chi connectivity index (χ2v) is 8.24. The van der Waals surface area contributed by atoms with E-state index in [0.29, 0.717) is 28.9 Å². The summed E-state index contributed by atoms with van der Waals surface area (Å²) < 4.78 is 19.7. The maximum Gasteiger partial charge on any atom is 0.339 e. The highest BCUT2D eigenvalue weighted by Gasteiger charge is 2.41. The van der Waals surface area contributed by atoms with E-state index < -0.39 is 12.0 Å². The summed E-state index contributed by atoms with van der Waals surface area (Å²) in [5.41, 5.74) is 8.24. The number of nitroso groups, excluding NO2 is 1. The number of fused-ring (bicyclic) bond motifs is 4. The van der Waals surface area contributed by atoms with E-state index in [4.69, 9.17) is 9.72 Å². The Morgan fingerprint density at radius 2 is 2.10 bits per heavy atom. The lowest BCUT2D eigenvalue weighted by Gasteiger charge is -2.33. The van der Waals surface area contributed by atoms with E-state index in [1.807, 2.05) is 17.9 Å². The average molecular weight is 403 g/mol. The molecule has 1 aliphatic carbocycles. The number of halogens is 1. The summed E-state index contributed by atoms with van der Waals surface area (Å²) >= 11 is 0. The molecule has 4 heterocycles. The Kier molecular flexibility index (Phi) is 3.41. The fourth-order valence-electron chi connectivity index (χ4n) is 5.29. The minimum atomic E-state index is -1.20. The van der Waals surface area contributed by atoms with Gasteiger partial charge in [0.2, 0.25) is 6.04 Å². The predicted molar refractivity (Wildman–Crippen MR) is 109 cm³/mol. The number of aryl methyl sites for hydroxylation is 2. The normalized spacial score (nSPS) is 21.9. The van der Waals surface area contributed by atoms with Crippen LogP contribution in [0.1, 0.15) is 34.4 Å². The third-order valence-electron chi connectivity index (χ3n) is 6.82. The molecular weight excluding hydrogens is 385 g/mol. The summed E-state index contributed by atoms with van der Waals surface area (Å²) in [5, 5.41) is 4.06. The van der Waals surface area contributed by atoms with Gasteiger partial charge in [-0.05, 0) is 54.1 Å². The number of nitrogens with zero attached hydrogens (tertiary/aromatic N) is 3. The van der Waals surface area contributed by atoms with E-state index >= 15 is 0 Å². The Hall–Kier alpha value is -3.35. The number of esters is 1. The number of benzene rings is 1. The van der Waals surface area contributed by atoms with Crippen LogP contribution in [0.15, 0.2) is 40.7 Å². The molecule has 0 saturated carbocycles. The Morgan fingerprint density at radius 1 is 1.30 bits per heavy atom. The van der Waals surface area contributed by atoms with Gasteiger partial charge in [-0.25, -0.2) is 14.2 Å². The van der Waals surface area contributed by atoms with Crippen LogP contribution < -0.4 is 0 Å². The van der Waals surface area contributed by atoms with E-state index in [-0.39, 0.29) is 12.4 Å². The van der Waals surface area contributed by atoms with Crippen molar-refractivity contribution in [2.45, 2.75) is 38.8 Å². The summed E-state index contributed by atoms with van der Waals surface area (Å²) in [6.45, 7) is 6.73. The van der Waals surface area contributed by atoms with Gasteiger partial charge >= 0.3 is 5.97 Å². The molecule has 7 heteroatoms. The molecule has 4 aliphatic rings. The lowest BCUT2D eigenvalue weighted by molar-refractivity contribution is -0.144. The van der Waals surface area contributed by atoms with Crippen LogP contribution in [0.25, 0.3) is 16.6 Å². The highest BCUT2D eigenvalue weighted by molar-refractivity contribution is 5.93. The molecule has 2 aromatic rings. The molecule has 6 rings (SSSR count). The second kappa shape index (κ2) is 5.84. The highest BCUT2D eigenvalue weighted by Crippen LogP contribution is 2.47. The number of hydrogen-bond donors (Lipinski definition) is 0. The molecule has 0 unspecified atom stereocenters. The van der Waals surface area contributed by atoms with Crippen molar-refractivity contribution in [3.8, 4) is 0 Å². The standard InChI is InChI=1S/C23H18FN3O3/c1-10-12-4-3-5-13-15-8-27-11(2)16-9-30-23(28)22(26-29)14(16)6-19(27)21(15)25-18(20(12)13)7-17(10)24/h6-7,22H,2-5,8-9H2,1H3/t22-/m0/s1. The van der Waals surface area contributed by atoms with Crippen molar-refractivity contribution in [3.63, 3.8) is 0 Å². The summed E-state index contributed by atoms with van der Waals surface area (Å²) in [6.07, 6.45) is 4.55. The van der Waals surface area contributed by atoms with Crippen molar-refractivity contribution in [1.29, 1.82) is 0 Å². The van der Waals surface area contributed by atoms with Gasteiger partial charge in [0.15, 0.2) is 0 Å². The van der Waals surface area contributed by atoms with Gasteiger partial charge in [-0.2, -0.15) is 0 Å². The van der Waals surface area contributed by atoms with Gasteiger partial charge in [-0.3, -0.25) is 0 Å². The van der Waals surface area contributed by atoms with Crippen molar-refractivity contribution < 1.29 is 13.9 Å². The lowest BCUT2D eigenvalue weighted by Crippen LogP contribution is -2.35. The molecule has 30 heavy (non-hydrogen) atoms. The molecule has 1 aromatic heterocycles. The van der Waals surface area contributed by atoms with E-state index in [1.165, 1.54) is 11.6 Å². The third kappa shape index (κ3) is 2.07. The maximum absolute atomic E-state index is 14.6. The summed E-state index contributed by atoms with van der Waals surface area (Å²) in [7, 11) is 0. The van der Waals surface area contributed by atoms with Gasteiger partial charge in [0.05, 0.1) is 23.5 Å². The number of aromatic nitrogens is 1. The van der Waals surface area contributed by atoms with Crippen molar-refractivity contribution >= 4 is 22.6 Å². The zero-order chi connectivity index (χ0) is 20.7. The Bertz CT molecular complexity index is 1290. The molecule has 0 radical (unpaired) electrons. The monoisotopic (exact) mass is 403 g/mol. The SMILES string of the molecule is C=C1C2=C(C=C3c4nc5cc(F)c(C)c6c5c(c4CN13)CCC6)[C@H](N=O)C(=O)OC2. The van der Waals surface area contributed by atoms with Gasteiger partial charge in [-0.15, -0.1) is 4.91 Å². The number of rotatable bonds is 1. The second-order valence-electron chi connectivity index (χ2n) is 8.24. The van der Waals surface area contributed by atoms with Crippen molar-refractivity contribution in [1.82, 2.24) is 9.88 Å². The van der Waals surface area contributed by atoms with Gasteiger partial charge in [0.25, 0.3) is 0 Å². The van der Waals surface area contributed by atoms with Crippen LogP contribution in [0.4, 0.5) is 4.39 Å². The predicted octanol–water partition coefficient (Wildman–Crippen LogP) is 3.84. The van der Waals surface area contributed by atoms with Crippen molar-refractivity contribution in [3.05, 3.63) is 74.2 Å². The minimum absolute atomic E-state index is 0.0759. The molecule has 0 bridgehead atoms. The van der Waals surface area contributed by atoms with Crippen LogP contribution in [-0.2, 0) is 28.9 Å². The zero-order valence-corrected chi connectivity index (χ0v) is 16.4. The van der Waals surface area contributed by atoms with Crippen LogP contribution in [0.3, 0.4) is 0 Å². The Labute approximate surface area is 171 Å². The number of carbonyl (C=O) groups excluding carboxylic acids is 1. The largest absolute Gasteiger partial charge is 0.459 e. The fourth-order valence-corrected chi connectivity index (χ4v) is 5.29. The van der Waals surface area contributed by atoms with E-state index in [1.54, 1.807) is 0 Å². The summed E-state index contributed by atoms with van der Waals surface area (Å²) in [5.74, 6) is -0.885. The molecular formula is C23H18FN3O3. The lowest BCUT2D eigenvalue weighted by atomic mass is 9.85. The third-order valence-corrected chi connectivity index (χ3v) is 6.82. The first kappa shape index (κ1) is 17.5. The quantitative estimate of drug-likeness (QED) is 0.534. The maximum atomic E-state index is 14.6. The Balaban J connectivity index is 1.62. The fraction of sp³-hybridized carbons (Fsp3) is 0.304. The highest BCUT2D eigenvalue weighted by atomic mass is 19.1. The first-order valence-corrected chi connectivity index (χ1v) is 10.0. The molecule has 1 aromatic carbocycles. The number of ether oxygens (including phenoxy) is 1.